The molecule has 15 nitrogen and oxygen atoms in total. The fraction of sp³-hybridized carbons (Fsp3) is 0.417. The van der Waals surface area contributed by atoms with Gasteiger partial charge >= 0.3 is 6.03 Å². The SMILES string of the molecule is Cc1cc(-c2[nH]nc3ncc(-c4ccc(C5CCN(CC6CCN(c7ccc(N8CCC(=O)NC8=O)cc7)CC6)CC5)nc4)cc23)ccc1C(C)NC(=O)c1noc(C(C)(C)C)n1. The third-order valence-electron chi connectivity index (χ3n) is 12.9. The number of benzene rings is 2. The summed E-state index contributed by atoms with van der Waals surface area (Å²) in [6, 6.07) is 20.2. The van der Waals surface area contributed by atoms with Gasteiger partial charge in [0.25, 0.3) is 11.7 Å². The summed E-state index contributed by atoms with van der Waals surface area (Å²) < 4.78 is 5.32. The molecule has 15 heteroatoms. The number of nitrogens with zero attached hydrogens (tertiary/aromatic N) is 8. The van der Waals surface area contributed by atoms with Gasteiger partial charge < -0.3 is 19.6 Å². The summed E-state index contributed by atoms with van der Waals surface area (Å²) in [5.41, 5.74) is 9.30. The van der Waals surface area contributed by atoms with Crippen molar-refractivity contribution in [2.45, 2.75) is 84.1 Å². The number of hydrogen-bond donors (Lipinski definition) is 3. The maximum Gasteiger partial charge on any atom is 0.328 e. The molecular formula is C48H55N11O4. The first-order valence-electron chi connectivity index (χ1n) is 22.1. The van der Waals surface area contributed by atoms with Gasteiger partial charge in [-0.3, -0.25) is 29.9 Å². The van der Waals surface area contributed by atoms with Gasteiger partial charge in [-0.15, -0.1) is 0 Å². The summed E-state index contributed by atoms with van der Waals surface area (Å²) in [5, 5.41) is 17.9. The number of carbonyl (C=O) groups excluding carboxylic acids is 3. The van der Waals surface area contributed by atoms with Crippen molar-refractivity contribution in [1.29, 1.82) is 0 Å². The van der Waals surface area contributed by atoms with Crippen molar-refractivity contribution in [2.24, 2.45) is 5.92 Å². The number of pyridine rings is 2. The lowest BCUT2D eigenvalue weighted by Gasteiger charge is -2.38. The third-order valence-corrected chi connectivity index (χ3v) is 12.9. The van der Waals surface area contributed by atoms with Gasteiger partial charge in [-0.05, 0) is 112 Å². The highest BCUT2D eigenvalue weighted by molar-refractivity contribution is 6.05. The van der Waals surface area contributed by atoms with Crippen LogP contribution < -0.4 is 20.4 Å². The topological polar surface area (TPSA) is 178 Å². The van der Waals surface area contributed by atoms with Crippen molar-refractivity contribution in [3.8, 4) is 22.4 Å². The van der Waals surface area contributed by atoms with Crippen LogP contribution in [0, 0.1) is 12.8 Å². The molecule has 63 heavy (non-hydrogen) atoms. The molecule has 6 aromatic rings. The van der Waals surface area contributed by atoms with Gasteiger partial charge in [-0.1, -0.05) is 44.1 Å². The second kappa shape index (κ2) is 17.4. The maximum atomic E-state index is 13.0. The summed E-state index contributed by atoms with van der Waals surface area (Å²) in [6.07, 6.45) is 8.70. The molecule has 3 N–H and O–H groups in total. The molecule has 3 saturated heterocycles. The Morgan fingerprint density at radius 2 is 1.60 bits per heavy atom. The number of aromatic amines is 1. The number of anilines is 2. The van der Waals surface area contributed by atoms with Crippen molar-refractivity contribution in [1.82, 2.24) is 45.8 Å². The Morgan fingerprint density at radius 1 is 0.873 bits per heavy atom. The first kappa shape index (κ1) is 41.9. The lowest BCUT2D eigenvalue weighted by atomic mass is 9.90. The highest BCUT2D eigenvalue weighted by Gasteiger charge is 2.29. The number of aryl methyl sites for hydroxylation is 1. The average molecular weight is 850 g/mol. The summed E-state index contributed by atoms with van der Waals surface area (Å²) in [4.78, 5) is 57.4. The van der Waals surface area contributed by atoms with E-state index in [0.29, 0.717) is 36.3 Å². The Bertz CT molecular complexity index is 2620. The number of rotatable bonds is 10. The first-order chi connectivity index (χ1) is 30.4. The number of amides is 4. The van der Waals surface area contributed by atoms with Crippen LogP contribution >= 0.6 is 0 Å². The molecule has 0 spiro atoms. The number of piperidine rings is 2. The fourth-order valence-electron chi connectivity index (χ4n) is 9.18. The Hall–Kier alpha value is -6.48. The summed E-state index contributed by atoms with van der Waals surface area (Å²) in [5.74, 6) is 0.968. The molecule has 3 fully saturated rings. The lowest BCUT2D eigenvalue weighted by Crippen LogP contribution is -2.49. The number of fused-ring (bicyclic) bond motifs is 1. The number of hydrogen-bond acceptors (Lipinski definition) is 11. The number of nitrogens with one attached hydrogen (secondary N) is 3. The van der Waals surface area contributed by atoms with Crippen LogP contribution in [0.1, 0.15) is 105 Å². The zero-order chi connectivity index (χ0) is 43.8. The van der Waals surface area contributed by atoms with E-state index >= 15 is 0 Å². The molecule has 0 saturated carbocycles. The number of imide groups is 1. The third kappa shape index (κ3) is 9.06. The Kier molecular flexibility index (Phi) is 11.5. The van der Waals surface area contributed by atoms with Crippen LogP contribution in [0.25, 0.3) is 33.4 Å². The standard InChI is InChI=1S/C48H55N11O4/c1-29-24-33(6-12-38(29)30(2)51-45(61)44-53-46(63-56-44)48(3,4)5)42-39-25-35(27-50-43(39)55-54-42)34-7-13-40(49-26-34)32-16-19-57(20-17-32)28-31-14-21-58(22-15-31)36-8-10-37(11-9-36)59-23-18-41(60)52-47(59)62/h6-13,24-27,30-32H,14-23,28H2,1-5H3,(H,51,61)(H,50,54,55)(H,52,60,62). The van der Waals surface area contributed by atoms with Gasteiger partial charge in [0.1, 0.15) is 0 Å². The second-order valence-electron chi connectivity index (χ2n) is 18.4. The molecule has 4 aromatic heterocycles. The van der Waals surface area contributed by atoms with Crippen molar-refractivity contribution >= 4 is 40.3 Å². The zero-order valence-corrected chi connectivity index (χ0v) is 36.6. The minimum absolute atomic E-state index is 0.0224. The van der Waals surface area contributed by atoms with E-state index in [0.717, 1.165) is 109 Å². The van der Waals surface area contributed by atoms with E-state index in [1.165, 1.54) is 5.69 Å². The van der Waals surface area contributed by atoms with Crippen LogP contribution in [0.5, 0.6) is 0 Å². The van der Waals surface area contributed by atoms with Gasteiger partial charge in [0, 0.05) is 95.5 Å². The number of likely N-dealkylation sites (tertiary alicyclic amines) is 1. The number of carbonyl (C=O) groups is 3. The van der Waals surface area contributed by atoms with E-state index in [2.05, 4.69) is 77.2 Å². The summed E-state index contributed by atoms with van der Waals surface area (Å²) in [6.45, 7) is 15.6. The molecule has 326 valence electrons. The van der Waals surface area contributed by atoms with E-state index in [1.807, 2.05) is 71.3 Å². The largest absolute Gasteiger partial charge is 0.372 e. The highest BCUT2D eigenvalue weighted by atomic mass is 16.5. The minimum atomic E-state index is -0.383. The van der Waals surface area contributed by atoms with Crippen LogP contribution in [-0.2, 0) is 10.2 Å². The summed E-state index contributed by atoms with van der Waals surface area (Å²) in [7, 11) is 0. The smallest absolute Gasteiger partial charge is 0.328 e. The van der Waals surface area contributed by atoms with E-state index in [4.69, 9.17) is 14.5 Å². The number of aromatic nitrogens is 6. The average Bonchev–Trinajstić information content (AvgIpc) is 3.96. The highest BCUT2D eigenvalue weighted by Crippen LogP contribution is 2.34. The lowest BCUT2D eigenvalue weighted by molar-refractivity contribution is -0.120. The van der Waals surface area contributed by atoms with Gasteiger partial charge in [-0.25, -0.2) is 9.78 Å². The molecule has 2 aromatic carbocycles. The van der Waals surface area contributed by atoms with Gasteiger partial charge in [0.2, 0.25) is 11.8 Å². The molecular weight excluding hydrogens is 795 g/mol. The Balaban J connectivity index is 0.767. The number of H-pyrrole nitrogens is 1. The minimum Gasteiger partial charge on any atom is -0.372 e. The molecule has 0 bridgehead atoms. The van der Waals surface area contributed by atoms with Gasteiger partial charge in [-0.2, -0.15) is 10.1 Å². The molecule has 3 aliphatic rings. The normalized spacial score (nSPS) is 17.6. The summed E-state index contributed by atoms with van der Waals surface area (Å²) >= 11 is 0. The molecule has 1 atom stereocenters. The monoisotopic (exact) mass is 849 g/mol. The van der Waals surface area contributed by atoms with Crippen molar-refractivity contribution in [3.63, 3.8) is 0 Å². The van der Waals surface area contributed by atoms with Crippen LogP contribution in [0.2, 0.25) is 0 Å². The molecule has 1 unspecified atom stereocenters. The maximum absolute atomic E-state index is 13.0. The molecule has 0 aliphatic carbocycles. The van der Waals surface area contributed by atoms with Crippen LogP contribution in [0.15, 0.2) is 77.6 Å². The molecule has 3 aliphatic heterocycles. The van der Waals surface area contributed by atoms with Crippen molar-refractivity contribution in [2.75, 3.05) is 49.1 Å². The predicted octanol–water partition coefficient (Wildman–Crippen LogP) is 7.71. The number of urea groups is 1. The molecule has 9 rings (SSSR count). The van der Waals surface area contributed by atoms with Gasteiger partial charge in [0.05, 0.1) is 11.7 Å². The van der Waals surface area contributed by atoms with Crippen LogP contribution in [0.3, 0.4) is 0 Å². The predicted molar refractivity (Wildman–Crippen MR) is 241 cm³/mol. The Labute approximate surface area is 367 Å². The van der Waals surface area contributed by atoms with Gasteiger partial charge in [0.15, 0.2) is 5.65 Å². The van der Waals surface area contributed by atoms with E-state index in [1.54, 1.807) is 4.90 Å². The van der Waals surface area contributed by atoms with Crippen molar-refractivity contribution in [3.05, 3.63) is 102 Å². The van der Waals surface area contributed by atoms with E-state index in [9.17, 15) is 14.4 Å². The second-order valence-corrected chi connectivity index (χ2v) is 18.4. The fourth-order valence-corrected chi connectivity index (χ4v) is 9.18. The zero-order valence-electron chi connectivity index (χ0n) is 36.6. The van der Waals surface area contributed by atoms with Crippen molar-refractivity contribution < 1.29 is 18.9 Å². The molecule has 0 radical (unpaired) electrons. The van der Waals surface area contributed by atoms with Crippen LogP contribution in [-0.4, -0.2) is 92.3 Å². The van der Waals surface area contributed by atoms with Crippen LogP contribution in [0.4, 0.5) is 16.2 Å². The first-order valence-corrected chi connectivity index (χ1v) is 22.1. The quantitative estimate of drug-likeness (QED) is 0.123. The van der Waals surface area contributed by atoms with E-state index < -0.39 is 0 Å². The Morgan fingerprint density at radius 3 is 2.29 bits per heavy atom. The van der Waals surface area contributed by atoms with E-state index in [-0.39, 0.29) is 35.1 Å². The molecule has 7 heterocycles. The molecule has 4 amide bonds.